The van der Waals surface area contributed by atoms with Crippen molar-refractivity contribution in [3.63, 3.8) is 0 Å². The summed E-state index contributed by atoms with van der Waals surface area (Å²) in [7, 11) is 0. The minimum atomic E-state index is -0.844. The molecule has 1 aromatic rings. The van der Waals surface area contributed by atoms with E-state index in [2.05, 4.69) is 5.32 Å². The van der Waals surface area contributed by atoms with Crippen LogP contribution in [-0.4, -0.2) is 30.7 Å². The lowest BCUT2D eigenvalue weighted by Gasteiger charge is -2.27. The zero-order valence-corrected chi connectivity index (χ0v) is 12.0. The van der Waals surface area contributed by atoms with E-state index < -0.39 is 11.4 Å². The van der Waals surface area contributed by atoms with Crippen LogP contribution in [-0.2, 0) is 4.79 Å². The third-order valence-corrected chi connectivity index (χ3v) is 3.29. The van der Waals surface area contributed by atoms with E-state index in [9.17, 15) is 4.79 Å². The quantitative estimate of drug-likeness (QED) is 0.755. The molecule has 0 spiro atoms. The Morgan fingerprint density at radius 2 is 2.05 bits per heavy atom. The monoisotopic (exact) mass is 278 g/mol. The van der Waals surface area contributed by atoms with Gasteiger partial charge in [0.25, 0.3) is 0 Å². The van der Waals surface area contributed by atoms with Gasteiger partial charge in [0.1, 0.15) is 23.6 Å². The van der Waals surface area contributed by atoms with E-state index in [4.69, 9.17) is 15.2 Å². The fourth-order valence-electron chi connectivity index (χ4n) is 1.91. The molecule has 2 rings (SSSR count). The van der Waals surface area contributed by atoms with Gasteiger partial charge in [-0.3, -0.25) is 10.1 Å². The van der Waals surface area contributed by atoms with Crippen molar-refractivity contribution in [2.45, 2.75) is 38.3 Å². The van der Waals surface area contributed by atoms with Gasteiger partial charge < -0.3 is 15.2 Å². The smallest absolute Gasteiger partial charge is 0.240 e. The van der Waals surface area contributed by atoms with E-state index >= 15 is 0 Å². The second kappa shape index (κ2) is 6.13. The zero-order chi connectivity index (χ0) is 14.6. The first kappa shape index (κ1) is 14.7. The molecular weight excluding hydrogens is 256 g/mol. The summed E-state index contributed by atoms with van der Waals surface area (Å²) < 4.78 is 11.1. The van der Waals surface area contributed by atoms with Crippen LogP contribution in [0.4, 0.5) is 0 Å². The number of primary amides is 1. The molecule has 110 valence electrons. The summed E-state index contributed by atoms with van der Waals surface area (Å²) in [6.45, 7) is 4.51. The van der Waals surface area contributed by atoms with Crippen molar-refractivity contribution in [3.8, 4) is 11.5 Å². The Morgan fingerprint density at radius 1 is 1.40 bits per heavy atom. The largest absolute Gasteiger partial charge is 0.494 e. The Balaban J connectivity index is 1.97. The first-order valence-electron chi connectivity index (χ1n) is 6.97. The molecule has 20 heavy (non-hydrogen) atoms. The van der Waals surface area contributed by atoms with Gasteiger partial charge in [-0.05, 0) is 38.8 Å². The number of amides is 1. The maximum Gasteiger partial charge on any atom is 0.240 e. The Kier molecular flexibility index (Phi) is 4.49. The molecule has 0 heterocycles. The standard InChI is InChI=1S/C15H22N2O3/c1-3-19-12-5-4-6-13(9-12)20-10-15(2,14(16)18)17-11-7-8-11/h4-6,9,11,17H,3,7-8,10H2,1-2H3,(H2,16,18). The summed E-state index contributed by atoms with van der Waals surface area (Å²) in [6.07, 6.45) is 2.17. The van der Waals surface area contributed by atoms with Crippen molar-refractivity contribution in [3.05, 3.63) is 24.3 Å². The molecule has 1 fully saturated rings. The van der Waals surface area contributed by atoms with Crippen LogP contribution in [0.3, 0.4) is 0 Å². The van der Waals surface area contributed by atoms with Crippen molar-refractivity contribution in [1.29, 1.82) is 0 Å². The van der Waals surface area contributed by atoms with E-state index in [-0.39, 0.29) is 6.61 Å². The molecule has 1 aromatic carbocycles. The number of carbonyl (C=O) groups excluding carboxylic acids is 1. The average molecular weight is 278 g/mol. The van der Waals surface area contributed by atoms with Crippen LogP contribution < -0.4 is 20.5 Å². The molecular formula is C15H22N2O3. The van der Waals surface area contributed by atoms with Gasteiger partial charge in [0.2, 0.25) is 5.91 Å². The van der Waals surface area contributed by atoms with Gasteiger partial charge in [-0.1, -0.05) is 6.07 Å². The minimum Gasteiger partial charge on any atom is -0.494 e. The molecule has 0 bridgehead atoms. The highest BCUT2D eigenvalue weighted by Gasteiger charge is 2.37. The molecule has 0 radical (unpaired) electrons. The second-order valence-electron chi connectivity index (χ2n) is 5.31. The lowest BCUT2D eigenvalue weighted by atomic mass is 10.0. The maximum atomic E-state index is 11.6. The van der Waals surface area contributed by atoms with E-state index in [1.54, 1.807) is 6.92 Å². The number of nitrogens with two attached hydrogens (primary N) is 1. The third-order valence-electron chi connectivity index (χ3n) is 3.29. The summed E-state index contributed by atoms with van der Waals surface area (Å²) >= 11 is 0. The normalized spacial score (nSPS) is 17.3. The highest BCUT2D eigenvalue weighted by Crippen LogP contribution is 2.24. The summed E-state index contributed by atoms with van der Waals surface area (Å²) in [5, 5.41) is 3.25. The van der Waals surface area contributed by atoms with Gasteiger partial charge in [0, 0.05) is 12.1 Å². The highest BCUT2D eigenvalue weighted by atomic mass is 16.5. The molecule has 1 atom stereocenters. The fourth-order valence-corrected chi connectivity index (χ4v) is 1.91. The molecule has 1 saturated carbocycles. The van der Waals surface area contributed by atoms with E-state index in [1.807, 2.05) is 31.2 Å². The van der Waals surface area contributed by atoms with E-state index in [0.717, 1.165) is 18.6 Å². The zero-order valence-electron chi connectivity index (χ0n) is 12.0. The molecule has 1 aliphatic carbocycles. The average Bonchev–Trinajstić information content (AvgIpc) is 3.21. The maximum absolute atomic E-state index is 11.6. The molecule has 5 nitrogen and oxygen atoms in total. The number of carbonyl (C=O) groups is 1. The van der Waals surface area contributed by atoms with E-state index in [0.29, 0.717) is 18.4 Å². The van der Waals surface area contributed by atoms with Crippen LogP contribution in [0.5, 0.6) is 11.5 Å². The third kappa shape index (κ3) is 3.87. The predicted molar refractivity (Wildman–Crippen MR) is 76.9 cm³/mol. The SMILES string of the molecule is CCOc1cccc(OCC(C)(NC2CC2)C(N)=O)c1. The predicted octanol–water partition coefficient (Wildman–Crippen LogP) is 1.46. The fraction of sp³-hybridized carbons (Fsp3) is 0.533. The van der Waals surface area contributed by atoms with E-state index in [1.165, 1.54) is 0 Å². The van der Waals surface area contributed by atoms with Crippen LogP contribution in [0.2, 0.25) is 0 Å². The highest BCUT2D eigenvalue weighted by molar-refractivity contribution is 5.84. The number of rotatable bonds is 8. The Morgan fingerprint density at radius 3 is 2.60 bits per heavy atom. The second-order valence-corrected chi connectivity index (χ2v) is 5.31. The van der Waals surface area contributed by atoms with Crippen molar-refractivity contribution >= 4 is 5.91 Å². The Hall–Kier alpha value is -1.75. The lowest BCUT2D eigenvalue weighted by Crippen LogP contribution is -2.57. The van der Waals surface area contributed by atoms with Crippen LogP contribution in [0.1, 0.15) is 26.7 Å². The first-order chi connectivity index (χ1) is 9.53. The van der Waals surface area contributed by atoms with Crippen molar-refractivity contribution in [1.82, 2.24) is 5.32 Å². The number of hydrogen-bond donors (Lipinski definition) is 2. The molecule has 1 amide bonds. The van der Waals surface area contributed by atoms with Crippen LogP contribution in [0, 0.1) is 0 Å². The first-order valence-corrected chi connectivity index (χ1v) is 6.97. The van der Waals surface area contributed by atoms with Gasteiger partial charge in [-0.25, -0.2) is 0 Å². The Bertz CT molecular complexity index is 474. The molecule has 1 unspecified atom stereocenters. The van der Waals surface area contributed by atoms with Gasteiger partial charge in [0.15, 0.2) is 0 Å². The number of hydrogen-bond acceptors (Lipinski definition) is 4. The Labute approximate surface area is 119 Å². The summed E-state index contributed by atoms with van der Waals surface area (Å²) in [4.78, 5) is 11.6. The topological polar surface area (TPSA) is 73.6 Å². The minimum absolute atomic E-state index is 0.203. The summed E-state index contributed by atoms with van der Waals surface area (Å²) in [5.41, 5.74) is 4.64. The molecule has 3 N–H and O–H groups in total. The van der Waals surface area contributed by atoms with Gasteiger partial charge in [-0.2, -0.15) is 0 Å². The lowest BCUT2D eigenvalue weighted by molar-refractivity contribution is -0.125. The number of nitrogens with one attached hydrogen (secondary N) is 1. The molecule has 5 heteroatoms. The van der Waals surface area contributed by atoms with Crippen LogP contribution in [0.15, 0.2) is 24.3 Å². The molecule has 0 aromatic heterocycles. The molecule has 1 aliphatic rings. The van der Waals surface area contributed by atoms with Crippen molar-refractivity contribution in [2.24, 2.45) is 5.73 Å². The van der Waals surface area contributed by atoms with Gasteiger partial charge in [0.05, 0.1) is 6.61 Å². The number of ether oxygens (including phenoxy) is 2. The van der Waals surface area contributed by atoms with Gasteiger partial charge >= 0.3 is 0 Å². The van der Waals surface area contributed by atoms with Crippen LogP contribution >= 0.6 is 0 Å². The van der Waals surface area contributed by atoms with Crippen LogP contribution in [0.25, 0.3) is 0 Å². The van der Waals surface area contributed by atoms with Crippen molar-refractivity contribution < 1.29 is 14.3 Å². The number of benzene rings is 1. The van der Waals surface area contributed by atoms with Gasteiger partial charge in [-0.15, -0.1) is 0 Å². The van der Waals surface area contributed by atoms with Crippen molar-refractivity contribution in [2.75, 3.05) is 13.2 Å². The molecule has 0 saturated heterocycles. The summed E-state index contributed by atoms with van der Waals surface area (Å²) in [6, 6.07) is 7.75. The molecule has 0 aliphatic heterocycles. The summed E-state index contributed by atoms with van der Waals surface area (Å²) in [5.74, 6) is 1.02.